The van der Waals surface area contributed by atoms with Crippen molar-refractivity contribution in [2.45, 2.75) is 0 Å². The minimum absolute atomic E-state index is 0. The van der Waals surface area contributed by atoms with Crippen LogP contribution in [0.5, 0.6) is 0 Å². The SMILES string of the molecule is O=[Si](O)O.O=[Si](O)O.[Ca+2].[O]=[Al][O-].[O]=[Al][O-]. The Bertz CT molecular complexity index is 134. The van der Waals surface area contributed by atoms with E-state index in [1.807, 2.05) is 0 Å². The fourth-order valence-electron chi connectivity index (χ4n) is 0. The Labute approximate surface area is 130 Å². The summed E-state index contributed by atoms with van der Waals surface area (Å²) in [7, 11) is -6.26. The molecule has 0 saturated carbocycles. The average Bonchev–Trinajstić information content (AvgIpc) is 1.85. The van der Waals surface area contributed by atoms with Crippen LogP contribution in [0, 0.1) is 0 Å². The zero-order valence-corrected chi connectivity index (χ0v) is 13.6. The second-order valence-corrected chi connectivity index (χ2v) is 2.27. The molecule has 4 N–H and O–H groups in total. The van der Waals surface area contributed by atoms with Gasteiger partial charge in [0.05, 0.1) is 0 Å². The molecule has 0 fully saturated rings. The summed E-state index contributed by atoms with van der Waals surface area (Å²) in [4.78, 5) is 28.6. The molecule has 0 bridgehead atoms. The van der Waals surface area contributed by atoms with E-state index >= 15 is 0 Å². The van der Waals surface area contributed by atoms with Crippen LogP contribution >= 0.6 is 0 Å². The van der Waals surface area contributed by atoms with Crippen LogP contribution in [0.1, 0.15) is 0 Å². The Morgan fingerprint density at radius 1 is 0.800 bits per heavy atom. The molecule has 0 aliphatic heterocycles. The van der Waals surface area contributed by atoms with Crippen molar-refractivity contribution in [1.82, 2.24) is 0 Å². The van der Waals surface area contributed by atoms with E-state index in [4.69, 9.17) is 44.0 Å². The first kappa shape index (κ1) is 29.7. The molecular formula is H4Al2CaO10Si2. The number of hydrogen-bond donors (Lipinski definition) is 4. The summed E-state index contributed by atoms with van der Waals surface area (Å²) in [5.74, 6) is 0. The first-order valence-electron chi connectivity index (χ1n) is 2.25. The van der Waals surface area contributed by atoms with E-state index in [0.29, 0.717) is 0 Å². The second kappa shape index (κ2) is 36.4. The maximum absolute atomic E-state index is 8.74. The van der Waals surface area contributed by atoms with E-state index in [-0.39, 0.29) is 37.7 Å². The summed E-state index contributed by atoms with van der Waals surface area (Å²) in [6.45, 7) is 0. The molecule has 0 radical (unpaired) electrons. The van der Waals surface area contributed by atoms with Crippen molar-refractivity contribution in [3.63, 3.8) is 0 Å². The normalized spacial score (nSPS) is 4.27. The van der Waals surface area contributed by atoms with Crippen molar-refractivity contribution in [3.05, 3.63) is 0 Å². The van der Waals surface area contributed by atoms with E-state index in [1.54, 1.807) is 0 Å². The first-order valence-corrected chi connectivity index (χ1v) is 6.74. The van der Waals surface area contributed by atoms with Gasteiger partial charge in [0, 0.05) is 0 Å². The van der Waals surface area contributed by atoms with E-state index < -0.39 is 49.3 Å². The summed E-state index contributed by atoms with van der Waals surface area (Å²) < 4.78 is 51.3. The van der Waals surface area contributed by atoms with Gasteiger partial charge >= 0.3 is 103 Å². The third kappa shape index (κ3) is 4180. The van der Waals surface area contributed by atoms with Crippen molar-refractivity contribution in [1.29, 1.82) is 0 Å². The Kier molecular flexibility index (Phi) is 72.0. The van der Waals surface area contributed by atoms with Crippen LogP contribution in [0.3, 0.4) is 0 Å². The molecule has 0 aliphatic carbocycles. The monoisotopic (exact) mass is 314 g/mol. The van der Waals surface area contributed by atoms with Crippen LogP contribution in [0.15, 0.2) is 0 Å². The minimum atomic E-state index is -3.13. The predicted molar refractivity (Wildman–Crippen MR) is 40.4 cm³/mol. The van der Waals surface area contributed by atoms with Crippen LogP contribution in [0.2, 0.25) is 0 Å². The molecule has 0 heterocycles. The number of rotatable bonds is 0. The number of hydrogen-bond acceptors (Lipinski definition) is 6. The molecule has 0 aliphatic rings. The maximum atomic E-state index is 8.74. The first-order chi connectivity index (χ1) is 6.29. The van der Waals surface area contributed by atoms with Crippen LogP contribution < -0.4 is 8.32 Å². The van der Waals surface area contributed by atoms with Crippen molar-refractivity contribution >= 4 is 87.1 Å². The molecule has 0 saturated heterocycles. The standard InChI is InChI=1S/2Al.Ca.2H2O3Si.4O/c;;;2*1-4(2)3;;;;/h;;;2*1-2H;;;;/q;;+2;;;;;2*-1. The van der Waals surface area contributed by atoms with Crippen LogP contribution in [0.4, 0.5) is 0 Å². The molecule has 10 nitrogen and oxygen atoms in total. The Balaban J connectivity index is -0.0000000293. The Morgan fingerprint density at radius 2 is 0.800 bits per heavy atom. The molecule has 0 rings (SSSR count). The van der Waals surface area contributed by atoms with Crippen molar-refractivity contribution in [2.24, 2.45) is 0 Å². The zero-order chi connectivity index (χ0) is 12.6. The van der Waals surface area contributed by atoms with E-state index in [2.05, 4.69) is 0 Å². The van der Waals surface area contributed by atoms with Gasteiger partial charge in [0.1, 0.15) is 0 Å². The van der Waals surface area contributed by atoms with Crippen LogP contribution in [0.25, 0.3) is 0 Å². The van der Waals surface area contributed by atoms with E-state index in [0.717, 1.165) is 0 Å². The van der Waals surface area contributed by atoms with Crippen LogP contribution in [-0.2, 0) is 16.5 Å². The topological polar surface area (TPSA) is 195 Å². The molecule has 0 amide bonds. The molecule has 0 unspecified atom stereocenters. The Morgan fingerprint density at radius 3 is 0.800 bits per heavy atom. The summed E-state index contributed by atoms with van der Waals surface area (Å²) in [6.07, 6.45) is 0. The van der Waals surface area contributed by atoms with E-state index in [1.165, 1.54) is 0 Å². The summed E-state index contributed by atoms with van der Waals surface area (Å²) in [6, 6.07) is 0. The van der Waals surface area contributed by atoms with Gasteiger partial charge in [-0.05, 0) is 0 Å². The van der Waals surface area contributed by atoms with Crippen molar-refractivity contribution < 1.29 is 44.0 Å². The fourth-order valence-corrected chi connectivity index (χ4v) is 0. The summed E-state index contributed by atoms with van der Waals surface area (Å²) in [5, 5.41) is 0. The molecule has 0 spiro atoms. The van der Waals surface area contributed by atoms with Gasteiger partial charge in [-0.1, -0.05) is 0 Å². The van der Waals surface area contributed by atoms with Gasteiger partial charge in [0.15, 0.2) is 0 Å². The predicted octanol–water partition coefficient (Wildman–Crippen LogP) is -6.99. The fraction of sp³-hybridized carbons (Fsp3) is 0. The second-order valence-electron chi connectivity index (χ2n) is 0.758. The molecule has 0 aromatic rings. The van der Waals surface area contributed by atoms with Crippen molar-refractivity contribution in [2.75, 3.05) is 0 Å². The molecule has 15 heavy (non-hydrogen) atoms. The third-order valence-electron chi connectivity index (χ3n) is 0. The van der Waals surface area contributed by atoms with Crippen LogP contribution in [-0.4, -0.2) is 106 Å². The summed E-state index contributed by atoms with van der Waals surface area (Å²) in [5.41, 5.74) is 0. The van der Waals surface area contributed by atoms with Gasteiger partial charge in [0.25, 0.3) is 0 Å². The molecule has 0 aromatic carbocycles. The third-order valence-corrected chi connectivity index (χ3v) is 0. The molecule has 0 atom stereocenters. The van der Waals surface area contributed by atoms with Gasteiger partial charge in [-0.2, -0.15) is 0 Å². The summed E-state index contributed by atoms with van der Waals surface area (Å²) >= 11 is -3.50. The van der Waals surface area contributed by atoms with Crippen molar-refractivity contribution in [3.8, 4) is 0 Å². The van der Waals surface area contributed by atoms with E-state index in [9.17, 15) is 0 Å². The quantitative estimate of drug-likeness (QED) is 0.312. The molecular weight excluding hydrogens is 310 g/mol. The van der Waals surface area contributed by atoms with Gasteiger partial charge in [-0.3, -0.25) is 8.92 Å². The average molecular weight is 314 g/mol. The molecule has 0 aromatic heterocycles. The Hall–Kier alpha value is 0.758. The molecule has 15 heteroatoms. The van der Waals surface area contributed by atoms with Gasteiger partial charge < -0.3 is 19.2 Å². The zero-order valence-electron chi connectivity index (χ0n) is 7.10. The van der Waals surface area contributed by atoms with Gasteiger partial charge in [-0.15, -0.1) is 0 Å². The van der Waals surface area contributed by atoms with Gasteiger partial charge in [0.2, 0.25) is 0 Å². The van der Waals surface area contributed by atoms with Gasteiger partial charge in [-0.25, -0.2) is 0 Å². The molecule has 80 valence electrons.